The smallest absolute Gasteiger partial charge is 0.305 e. The summed E-state index contributed by atoms with van der Waals surface area (Å²) in [6, 6.07) is 17.1. The van der Waals surface area contributed by atoms with Crippen LogP contribution in [0.2, 0.25) is 0 Å². The number of aliphatic carboxylic acids is 1. The molecule has 0 fully saturated rings. The van der Waals surface area contributed by atoms with Gasteiger partial charge in [-0.3, -0.25) is 9.59 Å². The third kappa shape index (κ3) is 5.52. The van der Waals surface area contributed by atoms with Gasteiger partial charge in [0, 0.05) is 18.1 Å². The van der Waals surface area contributed by atoms with Crippen molar-refractivity contribution in [3.05, 3.63) is 83.4 Å². The number of nitrogens with zero attached hydrogens (tertiary/aromatic N) is 3. The molecular weight excluding hydrogens is 448 g/mol. The molecule has 0 saturated heterocycles. The van der Waals surface area contributed by atoms with E-state index in [4.69, 9.17) is 9.15 Å². The highest BCUT2D eigenvalue weighted by atomic mass is 16.5. The molecule has 0 bridgehead atoms. The molecule has 0 aliphatic heterocycles. The fourth-order valence-electron chi connectivity index (χ4n) is 3.61. The average molecular weight is 473 g/mol. The highest BCUT2D eigenvalue weighted by molar-refractivity contribution is 5.94. The Morgan fingerprint density at radius 3 is 2.43 bits per heavy atom. The minimum Gasteiger partial charge on any atom is -0.494 e. The lowest BCUT2D eigenvalue weighted by atomic mass is 10.0. The van der Waals surface area contributed by atoms with Crippen LogP contribution >= 0.6 is 0 Å². The first kappa shape index (κ1) is 23.6. The Bertz CT molecular complexity index is 1360. The highest BCUT2D eigenvalue weighted by Crippen LogP contribution is 2.31. The zero-order valence-electron chi connectivity index (χ0n) is 19.5. The molecule has 0 spiro atoms. The van der Waals surface area contributed by atoms with Crippen molar-refractivity contribution in [3.63, 3.8) is 0 Å². The number of aryl methyl sites for hydroxylation is 2. The third-order valence-corrected chi connectivity index (χ3v) is 5.38. The lowest BCUT2D eigenvalue weighted by molar-refractivity contribution is -0.137. The molecule has 2 aromatic carbocycles. The largest absolute Gasteiger partial charge is 0.494 e. The normalized spacial score (nSPS) is 11.6. The van der Waals surface area contributed by atoms with Crippen LogP contribution < -0.4 is 10.1 Å². The minimum atomic E-state index is -1.02. The number of benzene rings is 2. The van der Waals surface area contributed by atoms with Gasteiger partial charge < -0.3 is 19.6 Å². The van der Waals surface area contributed by atoms with Crippen LogP contribution in [-0.4, -0.2) is 39.3 Å². The number of carbonyl (C=O) groups is 2. The number of ether oxygens (including phenoxy) is 1. The first-order valence-corrected chi connectivity index (χ1v) is 10.9. The van der Waals surface area contributed by atoms with Gasteiger partial charge in [0.1, 0.15) is 17.1 Å². The summed E-state index contributed by atoms with van der Waals surface area (Å²) >= 11 is 0. The minimum absolute atomic E-state index is 0.127. The summed E-state index contributed by atoms with van der Waals surface area (Å²) in [6.07, 6.45) is -0.260. The molecule has 4 aromatic rings. The van der Waals surface area contributed by atoms with Gasteiger partial charge in [-0.1, -0.05) is 42.0 Å². The number of hydrogen-bond acceptors (Lipinski definition) is 7. The summed E-state index contributed by atoms with van der Waals surface area (Å²) in [6.45, 7) is 3.65. The Balaban J connectivity index is 1.65. The lowest BCUT2D eigenvalue weighted by Gasteiger charge is -2.18. The van der Waals surface area contributed by atoms with Crippen molar-refractivity contribution < 1.29 is 23.8 Å². The van der Waals surface area contributed by atoms with Crippen LogP contribution in [0.5, 0.6) is 5.75 Å². The van der Waals surface area contributed by atoms with Crippen LogP contribution in [0.4, 0.5) is 0 Å². The van der Waals surface area contributed by atoms with E-state index in [1.807, 2.05) is 43.3 Å². The van der Waals surface area contributed by atoms with Gasteiger partial charge in [-0.15, -0.1) is 10.2 Å². The summed E-state index contributed by atoms with van der Waals surface area (Å²) in [5.41, 5.74) is 3.69. The van der Waals surface area contributed by atoms with Crippen molar-refractivity contribution in [1.82, 2.24) is 20.5 Å². The SMILES string of the molecule is COc1ccc(C(=O)NC(CC(=O)O)c2ccc(C)cc2)nc1-c1cccc(-c2nnc(C)o2)c1. The average Bonchev–Trinajstić information content (AvgIpc) is 3.29. The monoisotopic (exact) mass is 472 g/mol. The van der Waals surface area contributed by atoms with Crippen molar-refractivity contribution in [2.24, 2.45) is 0 Å². The molecule has 2 N–H and O–H groups in total. The highest BCUT2D eigenvalue weighted by Gasteiger charge is 2.21. The van der Waals surface area contributed by atoms with Crippen LogP contribution in [-0.2, 0) is 4.79 Å². The number of pyridine rings is 1. The topological polar surface area (TPSA) is 127 Å². The number of methoxy groups -OCH3 is 1. The van der Waals surface area contributed by atoms with E-state index in [0.29, 0.717) is 39.9 Å². The van der Waals surface area contributed by atoms with Gasteiger partial charge >= 0.3 is 5.97 Å². The van der Waals surface area contributed by atoms with E-state index in [1.165, 1.54) is 13.2 Å². The Morgan fingerprint density at radius 1 is 1.03 bits per heavy atom. The summed E-state index contributed by atoms with van der Waals surface area (Å²) in [7, 11) is 1.52. The molecule has 0 aliphatic carbocycles. The van der Waals surface area contributed by atoms with Crippen molar-refractivity contribution >= 4 is 11.9 Å². The molecule has 1 amide bonds. The second kappa shape index (κ2) is 10.2. The number of carboxylic acid groups (broad SMARTS) is 1. The number of amides is 1. The van der Waals surface area contributed by atoms with E-state index in [0.717, 1.165) is 5.56 Å². The van der Waals surface area contributed by atoms with Gasteiger partial charge in [-0.05, 0) is 36.8 Å². The van der Waals surface area contributed by atoms with Crippen LogP contribution in [0.25, 0.3) is 22.7 Å². The zero-order chi connectivity index (χ0) is 24.9. The van der Waals surface area contributed by atoms with Crippen molar-refractivity contribution in [2.75, 3.05) is 7.11 Å². The van der Waals surface area contributed by atoms with Gasteiger partial charge in [-0.2, -0.15) is 0 Å². The molecule has 0 aliphatic rings. The molecule has 0 saturated carbocycles. The van der Waals surface area contributed by atoms with Gasteiger partial charge in [0.05, 0.1) is 19.6 Å². The van der Waals surface area contributed by atoms with E-state index in [-0.39, 0.29) is 12.1 Å². The molecule has 35 heavy (non-hydrogen) atoms. The molecule has 2 aromatic heterocycles. The maximum absolute atomic E-state index is 13.1. The molecule has 9 nitrogen and oxygen atoms in total. The fraction of sp³-hybridized carbons (Fsp3) is 0.192. The van der Waals surface area contributed by atoms with Gasteiger partial charge in [-0.25, -0.2) is 4.98 Å². The third-order valence-electron chi connectivity index (χ3n) is 5.38. The Morgan fingerprint density at radius 2 is 1.77 bits per heavy atom. The summed E-state index contributed by atoms with van der Waals surface area (Å²) in [5, 5.41) is 20.1. The Hall–Kier alpha value is -4.53. The molecule has 2 heterocycles. The van der Waals surface area contributed by atoms with Crippen LogP contribution in [0.1, 0.15) is 40.0 Å². The summed E-state index contributed by atoms with van der Waals surface area (Å²) in [4.78, 5) is 29.1. The zero-order valence-corrected chi connectivity index (χ0v) is 19.5. The number of carbonyl (C=O) groups excluding carboxylic acids is 1. The van der Waals surface area contributed by atoms with Gasteiger partial charge in [0.15, 0.2) is 0 Å². The van der Waals surface area contributed by atoms with E-state index in [9.17, 15) is 14.7 Å². The van der Waals surface area contributed by atoms with Crippen LogP contribution in [0.3, 0.4) is 0 Å². The lowest BCUT2D eigenvalue weighted by Crippen LogP contribution is -2.30. The maximum atomic E-state index is 13.1. The standard InChI is InChI=1S/C26H24N4O5/c1-15-7-9-17(10-8-15)21(14-23(31)32)28-25(33)20-11-12-22(34-3)24(27-20)18-5-4-6-19(13-18)26-30-29-16(2)35-26/h4-13,21H,14H2,1-3H3,(H,28,33)(H,31,32). The molecule has 0 radical (unpaired) electrons. The summed E-state index contributed by atoms with van der Waals surface area (Å²) < 4.78 is 11.0. The van der Waals surface area contributed by atoms with Crippen LogP contribution in [0, 0.1) is 13.8 Å². The molecule has 4 rings (SSSR count). The Labute approximate surface area is 201 Å². The van der Waals surface area contributed by atoms with E-state index in [2.05, 4.69) is 20.5 Å². The quantitative estimate of drug-likeness (QED) is 0.387. The molecular formula is C26H24N4O5. The fourth-order valence-corrected chi connectivity index (χ4v) is 3.61. The predicted molar refractivity (Wildman–Crippen MR) is 128 cm³/mol. The maximum Gasteiger partial charge on any atom is 0.305 e. The second-order valence-electron chi connectivity index (χ2n) is 7.99. The van der Waals surface area contributed by atoms with E-state index < -0.39 is 17.9 Å². The van der Waals surface area contributed by atoms with E-state index >= 15 is 0 Å². The first-order valence-electron chi connectivity index (χ1n) is 10.9. The number of carboxylic acids is 1. The molecule has 1 unspecified atom stereocenters. The molecule has 178 valence electrons. The van der Waals surface area contributed by atoms with Gasteiger partial charge in [0.2, 0.25) is 11.8 Å². The number of hydrogen-bond donors (Lipinski definition) is 2. The summed E-state index contributed by atoms with van der Waals surface area (Å²) in [5.74, 6) is -0.228. The van der Waals surface area contributed by atoms with E-state index in [1.54, 1.807) is 25.1 Å². The van der Waals surface area contributed by atoms with Crippen molar-refractivity contribution in [3.8, 4) is 28.5 Å². The van der Waals surface area contributed by atoms with Crippen molar-refractivity contribution in [1.29, 1.82) is 0 Å². The number of rotatable bonds is 8. The number of aromatic nitrogens is 3. The predicted octanol–water partition coefficient (Wildman–Crippen LogP) is 4.37. The number of nitrogens with one attached hydrogen (secondary N) is 1. The first-order chi connectivity index (χ1) is 16.8. The second-order valence-corrected chi connectivity index (χ2v) is 7.99. The van der Waals surface area contributed by atoms with Crippen molar-refractivity contribution in [2.45, 2.75) is 26.3 Å². The Kier molecular flexibility index (Phi) is 6.86. The van der Waals surface area contributed by atoms with Gasteiger partial charge in [0.25, 0.3) is 5.91 Å². The van der Waals surface area contributed by atoms with Crippen LogP contribution in [0.15, 0.2) is 65.1 Å². The molecule has 1 atom stereocenters. The molecule has 9 heteroatoms.